The molecule has 0 bridgehead atoms. The summed E-state index contributed by atoms with van der Waals surface area (Å²) >= 11 is 0. The Morgan fingerprint density at radius 2 is 1.81 bits per heavy atom. The summed E-state index contributed by atoms with van der Waals surface area (Å²) in [6.07, 6.45) is 1.82. The van der Waals surface area contributed by atoms with Crippen molar-refractivity contribution < 1.29 is 14.1 Å². The predicted molar refractivity (Wildman–Crippen MR) is 99.0 cm³/mol. The maximum Gasteiger partial charge on any atom is 0.244 e. The molecule has 2 atom stereocenters. The summed E-state index contributed by atoms with van der Waals surface area (Å²) in [5, 5.41) is 15.1. The molecule has 0 fully saturated rings. The highest BCUT2D eigenvalue weighted by Crippen LogP contribution is 2.28. The number of rotatable bonds is 8. The quantitative estimate of drug-likeness (QED) is 0.482. The van der Waals surface area contributed by atoms with E-state index in [0.717, 1.165) is 17.0 Å². The number of hydrogen-bond acceptors (Lipinski definition) is 5. The number of nitrogens with zero attached hydrogens (tertiary/aromatic N) is 1. The van der Waals surface area contributed by atoms with Gasteiger partial charge in [-0.15, -0.1) is 0 Å². The third-order valence-electron chi connectivity index (χ3n) is 4.21. The largest absolute Gasteiger partial charge is 0.497 e. The van der Waals surface area contributed by atoms with Crippen LogP contribution in [0.5, 0.6) is 5.75 Å². The first kappa shape index (κ1) is 17.5. The molecule has 3 aromatic rings. The van der Waals surface area contributed by atoms with E-state index in [1.807, 2.05) is 42.5 Å². The zero-order chi connectivity index (χ0) is 18.4. The molecule has 2 aromatic carbocycles. The minimum Gasteiger partial charge on any atom is -0.497 e. The van der Waals surface area contributed by atoms with Crippen molar-refractivity contribution in [2.45, 2.75) is 18.5 Å². The lowest BCUT2D eigenvalue weighted by atomic mass is 9.97. The Morgan fingerprint density at radius 1 is 1.08 bits per heavy atom. The molecule has 1 heterocycles. The van der Waals surface area contributed by atoms with Crippen molar-refractivity contribution in [1.29, 1.82) is 0 Å². The first-order chi connectivity index (χ1) is 12.7. The Kier molecular flexibility index (Phi) is 5.53. The topological polar surface area (TPSA) is 77.5 Å². The van der Waals surface area contributed by atoms with Crippen LogP contribution in [-0.2, 0) is 6.42 Å². The van der Waals surface area contributed by atoms with Crippen LogP contribution in [0.15, 0.2) is 77.4 Å². The lowest BCUT2D eigenvalue weighted by molar-refractivity contribution is -0.525. The Labute approximate surface area is 151 Å². The Bertz CT molecular complexity index is 817. The molecule has 134 valence electrons. The summed E-state index contributed by atoms with van der Waals surface area (Å²) in [5.41, 5.74) is 1.66. The van der Waals surface area contributed by atoms with Gasteiger partial charge < -0.3 is 14.5 Å². The number of nitrogens with one attached hydrogen (secondary N) is 1. The van der Waals surface area contributed by atoms with Crippen molar-refractivity contribution in [3.8, 4) is 5.75 Å². The zero-order valence-electron chi connectivity index (χ0n) is 14.4. The van der Waals surface area contributed by atoms with Crippen LogP contribution in [0, 0.1) is 10.1 Å². The predicted octanol–water partition coefficient (Wildman–Crippen LogP) is 4.33. The normalized spacial score (nSPS) is 13.0. The fourth-order valence-electron chi connectivity index (χ4n) is 2.86. The summed E-state index contributed by atoms with van der Waals surface area (Å²) in [6.45, 7) is 0. The molecule has 0 spiro atoms. The Balaban J connectivity index is 1.89. The monoisotopic (exact) mass is 352 g/mol. The van der Waals surface area contributed by atoms with Crippen molar-refractivity contribution in [1.82, 2.24) is 0 Å². The van der Waals surface area contributed by atoms with Crippen LogP contribution in [0.2, 0.25) is 0 Å². The van der Waals surface area contributed by atoms with E-state index in [4.69, 9.17) is 9.15 Å². The van der Waals surface area contributed by atoms with E-state index in [9.17, 15) is 10.1 Å². The van der Waals surface area contributed by atoms with Gasteiger partial charge in [0.2, 0.25) is 6.04 Å². The summed E-state index contributed by atoms with van der Waals surface area (Å²) in [7, 11) is 1.59. The minimum atomic E-state index is -0.884. The number of ether oxygens (including phenoxy) is 1. The molecule has 0 aliphatic rings. The standard InChI is InChI=1S/C20H20N2O4/c1-25-17-11-9-16(10-12-17)21-20(19-8-5-13-26-19)18(22(23)24)14-15-6-3-2-4-7-15/h2-13,18,20-21H,14H2,1H3/t18-,20-/m0/s1. The molecule has 0 amide bonds. The SMILES string of the molecule is COc1ccc(N[C@H](c2ccco2)[C@H](Cc2ccccc2)[N+](=O)[O-])cc1. The summed E-state index contributed by atoms with van der Waals surface area (Å²) < 4.78 is 10.6. The highest BCUT2D eigenvalue weighted by atomic mass is 16.6. The minimum absolute atomic E-state index is 0.253. The third-order valence-corrected chi connectivity index (χ3v) is 4.21. The van der Waals surface area contributed by atoms with Crippen LogP contribution >= 0.6 is 0 Å². The average Bonchev–Trinajstić information content (AvgIpc) is 3.20. The maximum absolute atomic E-state index is 11.8. The van der Waals surface area contributed by atoms with Crippen molar-refractivity contribution >= 4 is 5.69 Å². The fraction of sp³-hybridized carbons (Fsp3) is 0.200. The molecule has 0 radical (unpaired) electrons. The van der Waals surface area contributed by atoms with Gasteiger partial charge in [0.15, 0.2) is 6.04 Å². The van der Waals surface area contributed by atoms with Gasteiger partial charge in [-0.2, -0.15) is 0 Å². The van der Waals surface area contributed by atoms with Gasteiger partial charge in [-0.1, -0.05) is 30.3 Å². The van der Waals surface area contributed by atoms with E-state index in [0.29, 0.717) is 12.2 Å². The maximum atomic E-state index is 11.8. The summed E-state index contributed by atoms with van der Waals surface area (Å²) in [6, 6.07) is 18.7. The van der Waals surface area contributed by atoms with E-state index in [2.05, 4.69) is 5.32 Å². The van der Waals surface area contributed by atoms with E-state index in [-0.39, 0.29) is 4.92 Å². The number of furan rings is 1. The van der Waals surface area contributed by atoms with Crippen LogP contribution in [-0.4, -0.2) is 18.1 Å². The highest BCUT2D eigenvalue weighted by Gasteiger charge is 2.35. The highest BCUT2D eigenvalue weighted by molar-refractivity contribution is 5.48. The number of hydrogen-bond donors (Lipinski definition) is 1. The molecule has 0 aliphatic carbocycles. The van der Waals surface area contributed by atoms with Crippen LogP contribution < -0.4 is 10.1 Å². The Morgan fingerprint density at radius 3 is 2.38 bits per heavy atom. The van der Waals surface area contributed by atoms with Crippen LogP contribution in [0.25, 0.3) is 0 Å². The van der Waals surface area contributed by atoms with Gasteiger partial charge in [-0.3, -0.25) is 10.1 Å². The van der Waals surface area contributed by atoms with Crippen molar-refractivity contribution in [2.75, 3.05) is 12.4 Å². The van der Waals surface area contributed by atoms with E-state index in [1.165, 1.54) is 6.26 Å². The molecule has 1 aromatic heterocycles. The van der Waals surface area contributed by atoms with Gasteiger partial charge in [0.25, 0.3) is 0 Å². The van der Waals surface area contributed by atoms with E-state index >= 15 is 0 Å². The number of benzene rings is 2. The molecule has 6 heteroatoms. The van der Waals surface area contributed by atoms with Crippen molar-refractivity contribution in [3.05, 3.63) is 94.4 Å². The van der Waals surface area contributed by atoms with Gasteiger partial charge in [-0.05, 0) is 42.0 Å². The van der Waals surface area contributed by atoms with Crippen LogP contribution in [0.4, 0.5) is 5.69 Å². The first-order valence-electron chi connectivity index (χ1n) is 8.29. The number of nitro groups is 1. The smallest absolute Gasteiger partial charge is 0.244 e. The second-order valence-corrected chi connectivity index (χ2v) is 5.91. The third kappa shape index (κ3) is 4.22. The first-order valence-corrected chi connectivity index (χ1v) is 8.29. The van der Waals surface area contributed by atoms with Crippen molar-refractivity contribution in [3.63, 3.8) is 0 Å². The average molecular weight is 352 g/mol. The summed E-state index contributed by atoms with van der Waals surface area (Å²) in [4.78, 5) is 11.6. The molecular formula is C20H20N2O4. The lowest BCUT2D eigenvalue weighted by Gasteiger charge is -2.22. The summed E-state index contributed by atoms with van der Waals surface area (Å²) in [5.74, 6) is 1.25. The molecule has 0 aliphatic heterocycles. The second-order valence-electron chi connectivity index (χ2n) is 5.91. The number of methoxy groups -OCH3 is 1. The lowest BCUT2D eigenvalue weighted by Crippen LogP contribution is -2.34. The fourth-order valence-corrected chi connectivity index (χ4v) is 2.86. The van der Waals surface area contributed by atoms with E-state index < -0.39 is 12.1 Å². The van der Waals surface area contributed by atoms with Crippen LogP contribution in [0.1, 0.15) is 17.4 Å². The van der Waals surface area contributed by atoms with Gasteiger partial charge in [-0.25, -0.2) is 0 Å². The molecule has 3 rings (SSSR count). The van der Waals surface area contributed by atoms with E-state index in [1.54, 1.807) is 31.4 Å². The van der Waals surface area contributed by atoms with Gasteiger partial charge in [0.1, 0.15) is 11.5 Å². The van der Waals surface area contributed by atoms with Crippen LogP contribution in [0.3, 0.4) is 0 Å². The number of anilines is 1. The van der Waals surface area contributed by atoms with Gasteiger partial charge in [0.05, 0.1) is 13.4 Å². The molecule has 26 heavy (non-hydrogen) atoms. The zero-order valence-corrected chi connectivity index (χ0v) is 14.4. The Hall–Kier alpha value is -3.28. The van der Waals surface area contributed by atoms with Gasteiger partial charge >= 0.3 is 0 Å². The molecular weight excluding hydrogens is 332 g/mol. The van der Waals surface area contributed by atoms with Gasteiger partial charge in [0, 0.05) is 17.0 Å². The van der Waals surface area contributed by atoms with Crippen molar-refractivity contribution in [2.24, 2.45) is 0 Å². The molecule has 0 unspecified atom stereocenters. The molecule has 1 N–H and O–H groups in total. The molecule has 0 saturated heterocycles. The molecule has 0 saturated carbocycles. The molecule has 6 nitrogen and oxygen atoms in total. The second kappa shape index (κ2) is 8.20.